The van der Waals surface area contributed by atoms with Gasteiger partial charge in [-0.1, -0.05) is 37.1 Å². The number of pyridine rings is 1. The number of fused-ring (bicyclic) bond motifs is 1. The first kappa shape index (κ1) is 24.2. The van der Waals surface area contributed by atoms with Gasteiger partial charge in [-0.3, -0.25) is 9.69 Å². The summed E-state index contributed by atoms with van der Waals surface area (Å²) in [6, 6.07) is 8.61. The quantitative estimate of drug-likeness (QED) is 0.542. The van der Waals surface area contributed by atoms with Crippen molar-refractivity contribution in [3.05, 3.63) is 52.2 Å². The Morgan fingerprint density at radius 1 is 1.12 bits per heavy atom. The fourth-order valence-corrected chi connectivity index (χ4v) is 5.03. The van der Waals surface area contributed by atoms with Gasteiger partial charge in [0.15, 0.2) is 5.65 Å². The number of nitrogens with one attached hydrogen (secondary N) is 1. The van der Waals surface area contributed by atoms with Crippen LogP contribution >= 0.6 is 0 Å². The topological polar surface area (TPSA) is 72.3 Å². The molecule has 2 aromatic heterocycles. The van der Waals surface area contributed by atoms with E-state index >= 15 is 0 Å². The number of methoxy groups -OCH3 is 1. The Morgan fingerprint density at radius 3 is 2.59 bits per heavy atom. The number of aryl methyl sites for hydroxylation is 3. The van der Waals surface area contributed by atoms with Crippen LogP contribution in [-0.4, -0.2) is 45.8 Å². The minimum atomic E-state index is 0.0509. The van der Waals surface area contributed by atoms with Crippen LogP contribution < -0.4 is 10.1 Å². The zero-order valence-corrected chi connectivity index (χ0v) is 21.0. The molecule has 182 valence electrons. The Balaban J connectivity index is 1.35. The number of hydrogen-bond acceptors (Lipinski definition) is 5. The Morgan fingerprint density at radius 2 is 1.85 bits per heavy atom. The summed E-state index contributed by atoms with van der Waals surface area (Å²) in [5.41, 5.74) is 6.39. The van der Waals surface area contributed by atoms with E-state index in [4.69, 9.17) is 9.72 Å². The SMILES string of the molecule is COc1nn(C)c2nc(C)c(CCC(=O)NCc3cccc(CN4CCCCCC4)c3)c(C)c12. The van der Waals surface area contributed by atoms with Gasteiger partial charge >= 0.3 is 0 Å². The third-order valence-electron chi connectivity index (χ3n) is 6.90. The lowest BCUT2D eigenvalue weighted by molar-refractivity contribution is -0.121. The number of rotatable bonds is 8. The van der Waals surface area contributed by atoms with E-state index < -0.39 is 0 Å². The number of likely N-dealkylation sites (tertiary alicyclic amines) is 1. The minimum absolute atomic E-state index is 0.0509. The smallest absolute Gasteiger partial charge is 0.242 e. The summed E-state index contributed by atoms with van der Waals surface area (Å²) in [5.74, 6) is 0.628. The monoisotopic (exact) mass is 463 g/mol. The van der Waals surface area contributed by atoms with Crippen molar-refractivity contribution in [3.63, 3.8) is 0 Å². The molecule has 1 saturated heterocycles. The molecule has 1 aromatic carbocycles. The molecule has 0 atom stereocenters. The van der Waals surface area contributed by atoms with Gasteiger partial charge in [-0.05, 0) is 68.5 Å². The van der Waals surface area contributed by atoms with Crippen LogP contribution in [0.15, 0.2) is 24.3 Å². The number of amides is 1. The average Bonchev–Trinajstić information content (AvgIpc) is 2.97. The van der Waals surface area contributed by atoms with Gasteiger partial charge in [0.05, 0.1) is 12.5 Å². The van der Waals surface area contributed by atoms with E-state index in [1.807, 2.05) is 14.0 Å². The van der Waals surface area contributed by atoms with Gasteiger partial charge in [0, 0.05) is 32.3 Å². The Bertz CT molecular complexity index is 1150. The number of hydrogen-bond donors (Lipinski definition) is 1. The van der Waals surface area contributed by atoms with Crippen molar-refractivity contribution in [2.24, 2.45) is 7.05 Å². The fourth-order valence-electron chi connectivity index (χ4n) is 5.03. The number of benzene rings is 1. The summed E-state index contributed by atoms with van der Waals surface area (Å²) in [5, 5.41) is 8.43. The van der Waals surface area contributed by atoms with Gasteiger partial charge in [-0.15, -0.1) is 5.10 Å². The maximum Gasteiger partial charge on any atom is 0.242 e. The van der Waals surface area contributed by atoms with E-state index in [9.17, 15) is 4.79 Å². The van der Waals surface area contributed by atoms with E-state index in [1.165, 1.54) is 44.3 Å². The average molecular weight is 464 g/mol. The molecular weight excluding hydrogens is 426 g/mol. The van der Waals surface area contributed by atoms with Crippen molar-refractivity contribution in [3.8, 4) is 5.88 Å². The first-order chi connectivity index (χ1) is 16.5. The van der Waals surface area contributed by atoms with Crippen LogP contribution in [0.2, 0.25) is 0 Å². The van der Waals surface area contributed by atoms with Crippen molar-refractivity contribution in [1.29, 1.82) is 0 Å². The molecule has 4 rings (SSSR count). The molecule has 1 N–H and O–H groups in total. The third kappa shape index (κ3) is 5.58. The van der Waals surface area contributed by atoms with E-state index in [2.05, 4.69) is 46.5 Å². The summed E-state index contributed by atoms with van der Waals surface area (Å²) in [6.07, 6.45) is 6.35. The van der Waals surface area contributed by atoms with Crippen LogP contribution in [0.3, 0.4) is 0 Å². The standard InChI is InChI=1S/C27H37N5O2/c1-19-23(20(2)29-26-25(19)27(34-4)30-31(26)3)12-13-24(33)28-17-21-10-9-11-22(16-21)18-32-14-7-5-6-8-15-32/h9-11,16H,5-8,12-15,17-18H2,1-4H3,(H,28,33). The molecule has 1 aliphatic rings. The summed E-state index contributed by atoms with van der Waals surface area (Å²) in [6.45, 7) is 7.97. The highest BCUT2D eigenvalue weighted by molar-refractivity contribution is 5.86. The molecule has 0 unspecified atom stereocenters. The zero-order chi connectivity index (χ0) is 24.1. The van der Waals surface area contributed by atoms with Crippen LogP contribution in [0.5, 0.6) is 5.88 Å². The minimum Gasteiger partial charge on any atom is -0.479 e. The van der Waals surface area contributed by atoms with Gasteiger partial charge in [0.2, 0.25) is 11.8 Å². The lowest BCUT2D eigenvalue weighted by Gasteiger charge is -2.20. The van der Waals surface area contributed by atoms with Crippen molar-refractivity contribution < 1.29 is 9.53 Å². The maximum absolute atomic E-state index is 12.7. The van der Waals surface area contributed by atoms with Gasteiger partial charge in [-0.25, -0.2) is 9.67 Å². The summed E-state index contributed by atoms with van der Waals surface area (Å²) >= 11 is 0. The lowest BCUT2D eigenvalue weighted by Crippen LogP contribution is -2.25. The van der Waals surface area contributed by atoms with Gasteiger partial charge in [0.1, 0.15) is 0 Å². The second kappa shape index (κ2) is 11.0. The number of carbonyl (C=O) groups is 1. The largest absolute Gasteiger partial charge is 0.479 e. The molecular formula is C27H37N5O2. The Hall–Kier alpha value is -2.93. The highest BCUT2D eigenvalue weighted by atomic mass is 16.5. The number of ether oxygens (including phenoxy) is 1. The molecule has 0 bridgehead atoms. The molecule has 1 amide bonds. The second-order valence-electron chi connectivity index (χ2n) is 9.42. The van der Waals surface area contributed by atoms with Crippen molar-refractivity contribution >= 4 is 16.9 Å². The number of carbonyl (C=O) groups excluding carboxylic acids is 1. The Labute approximate surface area is 202 Å². The second-order valence-corrected chi connectivity index (χ2v) is 9.42. The molecule has 0 saturated carbocycles. The third-order valence-corrected chi connectivity index (χ3v) is 6.90. The van der Waals surface area contributed by atoms with Gasteiger partial charge in [-0.2, -0.15) is 0 Å². The molecule has 3 heterocycles. The van der Waals surface area contributed by atoms with E-state index in [0.29, 0.717) is 25.3 Å². The molecule has 7 heteroatoms. The predicted octanol–water partition coefficient (Wildman–Crippen LogP) is 4.22. The predicted molar refractivity (Wildman–Crippen MR) is 135 cm³/mol. The first-order valence-corrected chi connectivity index (χ1v) is 12.4. The lowest BCUT2D eigenvalue weighted by atomic mass is 10.00. The highest BCUT2D eigenvalue weighted by Gasteiger charge is 2.18. The molecule has 1 aliphatic heterocycles. The van der Waals surface area contributed by atoms with Gasteiger partial charge in [0.25, 0.3) is 0 Å². The molecule has 3 aromatic rings. The zero-order valence-electron chi connectivity index (χ0n) is 21.0. The fraction of sp³-hybridized carbons (Fsp3) is 0.519. The summed E-state index contributed by atoms with van der Waals surface area (Å²) in [7, 11) is 3.49. The normalized spacial score (nSPS) is 14.8. The van der Waals surface area contributed by atoms with E-state index in [-0.39, 0.29) is 5.91 Å². The maximum atomic E-state index is 12.7. The molecule has 0 spiro atoms. The van der Waals surface area contributed by atoms with Crippen LogP contribution in [0.4, 0.5) is 0 Å². The Kier molecular flexibility index (Phi) is 7.83. The van der Waals surface area contributed by atoms with E-state index in [0.717, 1.165) is 40.0 Å². The van der Waals surface area contributed by atoms with Crippen LogP contribution in [0, 0.1) is 13.8 Å². The van der Waals surface area contributed by atoms with Crippen LogP contribution in [0.1, 0.15) is 60.1 Å². The number of nitrogens with zero attached hydrogens (tertiary/aromatic N) is 4. The molecule has 0 aliphatic carbocycles. The van der Waals surface area contributed by atoms with Crippen molar-refractivity contribution in [1.82, 2.24) is 25.0 Å². The van der Waals surface area contributed by atoms with Crippen molar-refractivity contribution in [2.45, 2.75) is 65.5 Å². The van der Waals surface area contributed by atoms with Crippen LogP contribution in [-0.2, 0) is 31.4 Å². The molecule has 34 heavy (non-hydrogen) atoms. The van der Waals surface area contributed by atoms with E-state index in [1.54, 1.807) is 11.8 Å². The molecule has 0 radical (unpaired) electrons. The molecule has 1 fully saturated rings. The number of aromatic nitrogens is 3. The van der Waals surface area contributed by atoms with Crippen LogP contribution in [0.25, 0.3) is 11.0 Å². The van der Waals surface area contributed by atoms with Gasteiger partial charge < -0.3 is 10.1 Å². The molecule has 7 nitrogen and oxygen atoms in total. The summed E-state index contributed by atoms with van der Waals surface area (Å²) < 4.78 is 7.19. The first-order valence-electron chi connectivity index (χ1n) is 12.4. The highest BCUT2D eigenvalue weighted by Crippen LogP contribution is 2.30. The van der Waals surface area contributed by atoms with Crippen molar-refractivity contribution in [2.75, 3.05) is 20.2 Å². The summed E-state index contributed by atoms with van der Waals surface area (Å²) in [4.78, 5) is 19.9.